The van der Waals surface area contributed by atoms with Gasteiger partial charge in [0, 0.05) is 6.54 Å². The molecule has 0 aliphatic rings. The average Bonchev–Trinajstić information content (AvgIpc) is 2.15. The summed E-state index contributed by atoms with van der Waals surface area (Å²) in [6.07, 6.45) is 1.67. The van der Waals surface area contributed by atoms with Gasteiger partial charge in [-0.1, -0.05) is 37.3 Å². The molecular weight excluding hydrogens is 150 g/mol. The van der Waals surface area contributed by atoms with Crippen LogP contribution in [0.1, 0.15) is 18.4 Å². The number of hydrogen-bond donors (Lipinski definition) is 1. The second-order valence-corrected chi connectivity index (χ2v) is 2.79. The van der Waals surface area contributed by atoms with Gasteiger partial charge in [-0.25, -0.2) is 0 Å². The van der Waals surface area contributed by atoms with Gasteiger partial charge in [-0.3, -0.25) is 4.79 Å². The lowest BCUT2D eigenvalue weighted by molar-refractivity contribution is 0.537. The molecule has 0 bridgehead atoms. The average molecular weight is 162 g/mol. The number of rotatable bonds is 4. The zero-order valence-electron chi connectivity index (χ0n) is 7.08. The number of hydrogen-bond acceptors (Lipinski definition) is 1. The molecule has 63 valence electrons. The maximum Gasteiger partial charge on any atom is 0.309 e. The van der Waals surface area contributed by atoms with Gasteiger partial charge in [0.05, 0.1) is 0 Å². The van der Waals surface area contributed by atoms with Gasteiger partial charge in [-0.2, -0.15) is 0 Å². The van der Waals surface area contributed by atoms with E-state index < -0.39 is 0 Å². The molecular formula is C10H12NO. The second-order valence-electron chi connectivity index (χ2n) is 2.79. The van der Waals surface area contributed by atoms with Crippen LogP contribution < -0.4 is 5.32 Å². The first kappa shape index (κ1) is 8.78. The molecule has 2 nitrogen and oxygen atoms in total. The first-order valence-corrected chi connectivity index (χ1v) is 3.99. The van der Waals surface area contributed by atoms with Crippen LogP contribution >= 0.6 is 0 Å². The highest BCUT2D eigenvalue weighted by Crippen LogP contribution is 2.12. The van der Waals surface area contributed by atoms with E-state index in [4.69, 9.17) is 0 Å². The Kier molecular flexibility index (Phi) is 3.33. The third-order valence-electron chi connectivity index (χ3n) is 1.85. The minimum Gasteiger partial charge on any atom is -0.347 e. The fourth-order valence-electron chi connectivity index (χ4n) is 1.09. The van der Waals surface area contributed by atoms with Crippen molar-refractivity contribution in [2.75, 3.05) is 6.54 Å². The number of nitrogens with one attached hydrogen (secondary N) is 1. The minimum atomic E-state index is 0.354. The van der Waals surface area contributed by atoms with Crippen molar-refractivity contribution >= 4 is 6.41 Å². The van der Waals surface area contributed by atoms with Crippen LogP contribution in [0.4, 0.5) is 0 Å². The summed E-state index contributed by atoms with van der Waals surface area (Å²) in [7, 11) is 0. The molecule has 0 spiro atoms. The fourth-order valence-corrected chi connectivity index (χ4v) is 1.09. The first-order chi connectivity index (χ1) is 5.84. The summed E-state index contributed by atoms with van der Waals surface area (Å²) in [4.78, 5) is 9.90. The molecule has 1 radical (unpaired) electrons. The summed E-state index contributed by atoms with van der Waals surface area (Å²) in [5.74, 6) is 0.354. The predicted octanol–water partition coefficient (Wildman–Crippen LogP) is 1.45. The second kappa shape index (κ2) is 4.54. The van der Waals surface area contributed by atoms with Gasteiger partial charge in [0.15, 0.2) is 0 Å². The largest absolute Gasteiger partial charge is 0.347 e. The normalized spacial score (nSPS) is 12.1. The van der Waals surface area contributed by atoms with E-state index in [2.05, 4.69) is 24.4 Å². The summed E-state index contributed by atoms with van der Waals surface area (Å²) in [6.45, 7) is 2.72. The molecule has 0 aromatic heterocycles. The zero-order chi connectivity index (χ0) is 8.81. The van der Waals surface area contributed by atoms with Gasteiger partial charge in [0.1, 0.15) is 0 Å². The lowest BCUT2D eigenvalue weighted by Crippen LogP contribution is -2.17. The monoisotopic (exact) mass is 162 g/mol. The van der Waals surface area contributed by atoms with E-state index in [1.165, 1.54) is 5.56 Å². The van der Waals surface area contributed by atoms with E-state index >= 15 is 0 Å². The van der Waals surface area contributed by atoms with Gasteiger partial charge in [0.25, 0.3) is 0 Å². The molecule has 1 atom stereocenters. The molecule has 0 fully saturated rings. The first-order valence-electron chi connectivity index (χ1n) is 3.99. The van der Waals surface area contributed by atoms with E-state index in [0.29, 0.717) is 12.5 Å². The molecule has 0 saturated heterocycles. The van der Waals surface area contributed by atoms with Gasteiger partial charge in [-0.05, 0) is 11.5 Å². The predicted molar refractivity (Wildman–Crippen MR) is 48.6 cm³/mol. The summed E-state index contributed by atoms with van der Waals surface area (Å²) in [5.41, 5.74) is 1.24. The summed E-state index contributed by atoms with van der Waals surface area (Å²) >= 11 is 0. The Balaban J connectivity index is 2.53. The van der Waals surface area contributed by atoms with E-state index in [1.807, 2.05) is 18.2 Å². The smallest absolute Gasteiger partial charge is 0.309 e. The van der Waals surface area contributed by atoms with Crippen LogP contribution in [0, 0.1) is 0 Å². The lowest BCUT2D eigenvalue weighted by Gasteiger charge is -2.09. The van der Waals surface area contributed by atoms with Gasteiger partial charge in [0.2, 0.25) is 0 Å². The van der Waals surface area contributed by atoms with Crippen LogP contribution in [-0.2, 0) is 4.79 Å². The van der Waals surface area contributed by atoms with Gasteiger partial charge >= 0.3 is 6.41 Å². The molecule has 12 heavy (non-hydrogen) atoms. The highest BCUT2D eigenvalue weighted by atomic mass is 16.1. The van der Waals surface area contributed by atoms with Gasteiger partial charge in [-0.15, -0.1) is 0 Å². The summed E-state index contributed by atoms with van der Waals surface area (Å²) in [5, 5.41) is 2.54. The SMILES string of the molecule is CC(CN[C]=O)c1ccccc1. The molecule has 0 saturated carbocycles. The van der Waals surface area contributed by atoms with Crippen LogP contribution in [0.25, 0.3) is 0 Å². The van der Waals surface area contributed by atoms with Crippen LogP contribution in [0.5, 0.6) is 0 Å². The van der Waals surface area contributed by atoms with Crippen molar-refractivity contribution in [1.82, 2.24) is 5.32 Å². The summed E-state index contributed by atoms with van der Waals surface area (Å²) in [6, 6.07) is 10.1. The topological polar surface area (TPSA) is 29.1 Å². The molecule has 0 aliphatic heterocycles. The Morgan fingerprint density at radius 2 is 2.08 bits per heavy atom. The number of amides is 1. The van der Waals surface area contributed by atoms with E-state index in [1.54, 1.807) is 6.41 Å². The minimum absolute atomic E-state index is 0.354. The Morgan fingerprint density at radius 1 is 1.42 bits per heavy atom. The molecule has 2 heteroatoms. The molecule has 1 rings (SSSR count). The molecule has 1 aromatic rings. The molecule has 0 heterocycles. The summed E-state index contributed by atoms with van der Waals surface area (Å²) < 4.78 is 0. The number of benzene rings is 1. The molecule has 0 aliphatic carbocycles. The van der Waals surface area contributed by atoms with Crippen molar-refractivity contribution in [2.24, 2.45) is 0 Å². The van der Waals surface area contributed by atoms with Crippen molar-refractivity contribution < 1.29 is 4.79 Å². The van der Waals surface area contributed by atoms with Gasteiger partial charge < -0.3 is 5.32 Å². The van der Waals surface area contributed by atoms with Crippen LogP contribution in [0.3, 0.4) is 0 Å². The third-order valence-corrected chi connectivity index (χ3v) is 1.85. The van der Waals surface area contributed by atoms with E-state index in [9.17, 15) is 4.79 Å². The van der Waals surface area contributed by atoms with Crippen LogP contribution in [0.2, 0.25) is 0 Å². The Labute approximate surface area is 72.6 Å². The lowest BCUT2D eigenvalue weighted by atomic mass is 10.0. The Bertz CT molecular complexity index is 233. The van der Waals surface area contributed by atoms with E-state index in [0.717, 1.165) is 0 Å². The third kappa shape index (κ3) is 2.38. The standard InChI is InChI=1S/C10H12NO/c1-9(7-11-8-12)10-5-3-2-4-6-10/h2-6,9H,7H2,1H3,(H,11,12). The highest BCUT2D eigenvalue weighted by molar-refractivity contribution is 5.47. The highest BCUT2D eigenvalue weighted by Gasteiger charge is 2.02. The quantitative estimate of drug-likeness (QED) is 0.667. The molecule has 1 aromatic carbocycles. The maximum atomic E-state index is 9.90. The van der Waals surface area contributed by atoms with Crippen LogP contribution in [-0.4, -0.2) is 13.0 Å². The van der Waals surface area contributed by atoms with Crippen molar-refractivity contribution in [3.63, 3.8) is 0 Å². The Hall–Kier alpha value is -1.31. The fraction of sp³-hybridized carbons (Fsp3) is 0.300. The van der Waals surface area contributed by atoms with E-state index in [-0.39, 0.29) is 0 Å². The Morgan fingerprint density at radius 3 is 2.67 bits per heavy atom. The van der Waals surface area contributed by atoms with Crippen molar-refractivity contribution in [3.05, 3.63) is 35.9 Å². The van der Waals surface area contributed by atoms with Crippen LogP contribution in [0.15, 0.2) is 30.3 Å². The van der Waals surface area contributed by atoms with Crippen molar-refractivity contribution in [3.8, 4) is 0 Å². The maximum absolute atomic E-state index is 9.90. The molecule has 1 unspecified atom stereocenters. The zero-order valence-corrected chi connectivity index (χ0v) is 7.08. The molecule has 1 N–H and O–H groups in total. The van der Waals surface area contributed by atoms with Crippen molar-refractivity contribution in [2.45, 2.75) is 12.8 Å². The van der Waals surface area contributed by atoms with Crippen molar-refractivity contribution in [1.29, 1.82) is 0 Å². The number of carbonyl (C=O) groups excluding carboxylic acids is 1. The molecule has 1 amide bonds.